The molecule has 2 aliphatic heterocycles. The molecule has 0 saturated carbocycles. The van der Waals surface area contributed by atoms with E-state index >= 15 is 0 Å². The largest absolute Gasteiger partial charge is 0.494 e. The molecule has 0 radical (unpaired) electrons. The SMILES string of the molecule is CN1C(=O)[C@@](C)(O)c2ccc(B3OC(C)(C)C(C)(C)O3)cc21. The molecule has 0 aliphatic carbocycles. The Labute approximate surface area is 131 Å². The first kappa shape index (κ1) is 15.5. The smallest absolute Gasteiger partial charge is 0.399 e. The van der Waals surface area contributed by atoms with Gasteiger partial charge >= 0.3 is 7.12 Å². The minimum absolute atomic E-state index is 0.325. The van der Waals surface area contributed by atoms with Gasteiger partial charge in [-0.1, -0.05) is 12.1 Å². The van der Waals surface area contributed by atoms with Gasteiger partial charge in [-0.2, -0.15) is 0 Å². The summed E-state index contributed by atoms with van der Waals surface area (Å²) in [6.07, 6.45) is 0. The first-order valence-corrected chi connectivity index (χ1v) is 7.48. The summed E-state index contributed by atoms with van der Waals surface area (Å²) in [7, 11) is 1.18. The van der Waals surface area contributed by atoms with Crippen molar-refractivity contribution in [2.24, 2.45) is 0 Å². The van der Waals surface area contributed by atoms with Crippen LogP contribution in [0.3, 0.4) is 0 Å². The van der Waals surface area contributed by atoms with Crippen molar-refractivity contribution in [2.45, 2.75) is 51.4 Å². The highest BCUT2D eigenvalue weighted by Gasteiger charge is 2.52. The number of benzene rings is 1. The van der Waals surface area contributed by atoms with Gasteiger partial charge < -0.3 is 19.3 Å². The molecule has 1 fully saturated rings. The fourth-order valence-corrected chi connectivity index (χ4v) is 2.91. The number of likely N-dealkylation sites (N-methyl/N-ethyl adjacent to an activating group) is 1. The molecule has 2 heterocycles. The van der Waals surface area contributed by atoms with Gasteiger partial charge in [-0.25, -0.2) is 0 Å². The van der Waals surface area contributed by atoms with Gasteiger partial charge in [0.05, 0.1) is 11.2 Å². The van der Waals surface area contributed by atoms with Crippen LogP contribution in [0.15, 0.2) is 18.2 Å². The Morgan fingerprint density at radius 2 is 1.64 bits per heavy atom. The summed E-state index contributed by atoms with van der Waals surface area (Å²) >= 11 is 0. The van der Waals surface area contributed by atoms with Crippen molar-refractivity contribution in [2.75, 3.05) is 11.9 Å². The lowest BCUT2D eigenvalue weighted by Gasteiger charge is -2.32. The zero-order valence-corrected chi connectivity index (χ0v) is 13.9. The standard InChI is InChI=1S/C16H22BNO4/c1-14(2)15(3,4)22-17(21-14)10-7-8-11-12(9-10)18(6)13(19)16(11,5)20/h7-9,20H,1-6H3/t16-/m0/s1. The molecule has 3 rings (SSSR count). The summed E-state index contributed by atoms with van der Waals surface area (Å²) in [5.74, 6) is -0.325. The molecule has 0 spiro atoms. The van der Waals surface area contributed by atoms with Crippen molar-refractivity contribution in [3.8, 4) is 0 Å². The molecule has 0 aromatic heterocycles. The number of carbonyl (C=O) groups is 1. The van der Waals surface area contributed by atoms with E-state index in [1.165, 1.54) is 11.8 Å². The number of amides is 1. The predicted octanol–water partition coefficient (Wildman–Crippen LogP) is 1.17. The average molecular weight is 303 g/mol. The molecule has 2 aliphatic rings. The highest BCUT2D eigenvalue weighted by molar-refractivity contribution is 6.62. The number of fused-ring (bicyclic) bond motifs is 1. The van der Waals surface area contributed by atoms with E-state index in [-0.39, 0.29) is 5.91 Å². The Bertz CT molecular complexity index is 638. The molecule has 0 bridgehead atoms. The Kier molecular flexibility index (Phi) is 3.06. The Morgan fingerprint density at radius 1 is 1.09 bits per heavy atom. The molecule has 1 N–H and O–H groups in total. The van der Waals surface area contributed by atoms with Gasteiger partial charge in [0.2, 0.25) is 0 Å². The van der Waals surface area contributed by atoms with E-state index in [0.29, 0.717) is 11.3 Å². The van der Waals surface area contributed by atoms with Crippen LogP contribution in [0.25, 0.3) is 0 Å². The van der Waals surface area contributed by atoms with Crippen LogP contribution >= 0.6 is 0 Å². The van der Waals surface area contributed by atoms with Crippen LogP contribution in [0, 0.1) is 0 Å². The number of nitrogens with zero attached hydrogens (tertiary/aromatic N) is 1. The molecule has 22 heavy (non-hydrogen) atoms. The first-order chi connectivity index (χ1) is 9.97. The first-order valence-electron chi connectivity index (χ1n) is 7.48. The van der Waals surface area contributed by atoms with Gasteiger partial charge in [0.15, 0.2) is 5.60 Å². The second kappa shape index (κ2) is 4.34. The van der Waals surface area contributed by atoms with Crippen LogP contribution in [0.5, 0.6) is 0 Å². The number of hydrogen-bond acceptors (Lipinski definition) is 4. The number of rotatable bonds is 1. The van der Waals surface area contributed by atoms with E-state index < -0.39 is 23.9 Å². The molecule has 1 amide bonds. The molecule has 5 nitrogen and oxygen atoms in total. The summed E-state index contributed by atoms with van der Waals surface area (Å²) in [5.41, 5.74) is -0.149. The third-order valence-corrected chi connectivity index (χ3v) is 5.15. The molecule has 6 heteroatoms. The van der Waals surface area contributed by atoms with Gasteiger partial charge in [-0.3, -0.25) is 4.79 Å². The predicted molar refractivity (Wildman–Crippen MR) is 85.1 cm³/mol. The lowest BCUT2D eigenvalue weighted by molar-refractivity contribution is -0.133. The van der Waals surface area contributed by atoms with Crippen LogP contribution in [-0.2, 0) is 19.7 Å². The van der Waals surface area contributed by atoms with Gasteiger partial charge in [0.1, 0.15) is 0 Å². The molecule has 1 atom stereocenters. The van der Waals surface area contributed by atoms with Crippen LogP contribution in [0.2, 0.25) is 0 Å². The van der Waals surface area contributed by atoms with E-state index in [1.807, 2.05) is 39.8 Å². The fraction of sp³-hybridized carbons (Fsp3) is 0.562. The Morgan fingerprint density at radius 3 is 2.18 bits per heavy atom. The summed E-state index contributed by atoms with van der Waals surface area (Å²) in [6.45, 7) is 9.52. The van der Waals surface area contributed by atoms with E-state index in [9.17, 15) is 9.90 Å². The normalized spacial score (nSPS) is 29.1. The molecular formula is C16H22BNO4. The molecule has 1 aromatic carbocycles. The fourth-order valence-electron chi connectivity index (χ4n) is 2.91. The topological polar surface area (TPSA) is 59.0 Å². The summed E-state index contributed by atoms with van der Waals surface area (Å²) in [5, 5.41) is 10.4. The van der Waals surface area contributed by atoms with Crippen LogP contribution in [0.4, 0.5) is 5.69 Å². The van der Waals surface area contributed by atoms with E-state index in [2.05, 4.69) is 0 Å². The Hall–Kier alpha value is -1.37. The van der Waals surface area contributed by atoms with Crippen LogP contribution < -0.4 is 10.4 Å². The van der Waals surface area contributed by atoms with Crippen molar-refractivity contribution in [1.29, 1.82) is 0 Å². The van der Waals surface area contributed by atoms with Gasteiger partial charge in [-0.15, -0.1) is 0 Å². The van der Waals surface area contributed by atoms with Crippen molar-refractivity contribution in [3.05, 3.63) is 23.8 Å². The summed E-state index contributed by atoms with van der Waals surface area (Å²) in [4.78, 5) is 13.6. The van der Waals surface area contributed by atoms with Crippen molar-refractivity contribution >= 4 is 24.2 Å². The number of hydrogen-bond donors (Lipinski definition) is 1. The molecule has 118 valence electrons. The maximum Gasteiger partial charge on any atom is 0.494 e. The monoisotopic (exact) mass is 303 g/mol. The summed E-state index contributed by atoms with van der Waals surface area (Å²) < 4.78 is 12.1. The maximum atomic E-state index is 12.1. The van der Waals surface area contributed by atoms with Gasteiger partial charge in [0.25, 0.3) is 5.91 Å². The van der Waals surface area contributed by atoms with Crippen LogP contribution in [0.1, 0.15) is 40.2 Å². The summed E-state index contributed by atoms with van der Waals surface area (Å²) in [6, 6.07) is 5.48. The second-order valence-corrected chi connectivity index (χ2v) is 7.30. The highest BCUT2D eigenvalue weighted by Crippen LogP contribution is 2.40. The molecular weight excluding hydrogens is 281 g/mol. The van der Waals surface area contributed by atoms with Crippen LogP contribution in [-0.4, -0.2) is 36.4 Å². The number of carbonyl (C=O) groups excluding carboxylic acids is 1. The van der Waals surface area contributed by atoms with E-state index in [0.717, 1.165) is 5.46 Å². The van der Waals surface area contributed by atoms with Gasteiger partial charge in [0, 0.05) is 18.3 Å². The maximum absolute atomic E-state index is 12.1. The molecule has 1 saturated heterocycles. The third kappa shape index (κ3) is 1.94. The quantitative estimate of drug-likeness (QED) is 0.791. The number of anilines is 1. The van der Waals surface area contributed by atoms with E-state index in [1.54, 1.807) is 13.1 Å². The Balaban J connectivity index is 1.99. The zero-order valence-electron chi connectivity index (χ0n) is 13.9. The lowest BCUT2D eigenvalue weighted by Crippen LogP contribution is -2.41. The van der Waals surface area contributed by atoms with Crippen molar-refractivity contribution in [3.63, 3.8) is 0 Å². The second-order valence-electron chi connectivity index (χ2n) is 7.30. The number of aliphatic hydroxyl groups is 1. The minimum atomic E-state index is -1.47. The van der Waals surface area contributed by atoms with E-state index in [4.69, 9.17) is 9.31 Å². The average Bonchev–Trinajstić information content (AvgIpc) is 2.73. The minimum Gasteiger partial charge on any atom is -0.399 e. The van der Waals surface area contributed by atoms with Crippen molar-refractivity contribution in [1.82, 2.24) is 0 Å². The molecule has 0 unspecified atom stereocenters. The van der Waals surface area contributed by atoms with Gasteiger partial charge in [-0.05, 0) is 46.1 Å². The highest BCUT2D eigenvalue weighted by atomic mass is 16.7. The third-order valence-electron chi connectivity index (χ3n) is 5.15. The molecule has 1 aromatic rings. The zero-order chi connectivity index (χ0) is 16.5. The van der Waals surface area contributed by atoms with Crippen molar-refractivity contribution < 1.29 is 19.2 Å². The lowest BCUT2D eigenvalue weighted by atomic mass is 9.78.